The minimum atomic E-state index is 0.00921. The van der Waals surface area contributed by atoms with Crippen molar-refractivity contribution in [2.24, 2.45) is 0 Å². The van der Waals surface area contributed by atoms with E-state index in [4.69, 9.17) is 104 Å². The van der Waals surface area contributed by atoms with Crippen LogP contribution in [0.3, 0.4) is 0 Å². The normalized spacial score (nSPS) is 11.1. The van der Waals surface area contributed by atoms with Crippen LogP contribution in [0.25, 0.3) is 11.1 Å². The summed E-state index contributed by atoms with van der Waals surface area (Å²) in [6.45, 7) is 0. The fraction of sp³-hybridized carbons (Fsp3) is 0. The summed E-state index contributed by atoms with van der Waals surface area (Å²) in [5.74, 6) is 0. The van der Waals surface area contributed by atoms with Crippen molar-refractivity contribution in [3.63, 3.8) is 0 Å². The van der Waals surface area contributed by atoms with Gasteiger partial charge in [-0.1, -0.05) is 104 Å². The summed E-state index contributed by atoms with van der Waals surface area (Å²) < 4.78 is 0. The maximum atomic E-state index is 6.19. The second kappa shape index (κ2) is 6.89. The van der Waals surface area contributed by atoms with Crippen molar-refractivity contribution in [3.05, 3.63) is 51.3 Å². The first kappa shape index (κ1) is 18.4. The van der Waals surface area contributed by atoms with Gasteiger partial charge in [-0.2, -0.15) is 0 Å². The highest BCUT2D eigenvalue weighted by Gasteiger charge is 2.25. The average molecular weight is 463 g/mol. The molecule has 0 fully saturated rings. The van der Waals surface area contributed by atoms with Crippen molar-refractivity contribution in [2.45, 2.75) is 0 Å². The number of hydrogen-bond acceptors (Lipinski definition) is 0. The monoisotopic (exact) mass is 459 g/mol. The van der Waals surface area contributed by atoms with Crippen LogP contribution in [-0.4, -0.2) is 0 Å². The molecule has 0 spiro atoms. The Balaban J connectivity index is 3.00. The lowest BCUT2D eigenvalue weighted by molar-refractivity contribution is 1.60. The van der Waals surface area contributed by atoms with E-state index in [1.165, 1.54) is 0 Å². The molecule has 0 amide bonds. The molecule has 9 heteroatoms. The lowest BCUT2D eigenvalue weighted by Gasteiger charge is -2.16. The number of benzene rings is 2. The second-order valence-electron chi connectivity index (χ2n) is 3.70. The van der Waals surface area contributed by atoms with Crippen LogP contribution in [0.15, 0.2) is 0 Å². The van der Waals surface area contributed by atoms with E-state index in [0.29, 0.717) is 0 Å². The Bertz CT molecular complexity index is 696. The van der Waals surface area contributed by atoms with Gasteiger partial charge in [-0.25, -0.2) is 0 Å². The highest BCUT2D eigenvalue weighted by Crippen LogP contribution is 2.53. The molecule has 0 nitrogen and oxygen atoms in total. The maximum Gasteiger partial charge on any atom is 0.0809 e. The van der Waals surface area contributed by atoms with E-state index < -0.39 is 0 Å². The molecule has 1 radical (unpaired) electrons. The molecule has 2 aromatic carbocycles. The van der Waals surface area contributed by atoms with Crippen LogP contribution in [0.5, 0.6) is 0 Å². The quantitative estimate of drug-likeness (QED) is 0.292. The SMILES string of the molecule is Clc1[c]c(Cl)c(Cl)c(-c2c(Cl)c(Cl)c(Cl)c(Cl)c2Cl)c1Cl. The van der Waals surface area contributed by atoms with Crippen molar-refractivity contribution >= 4 is 104 Å². The predicted molar refractivity (Wildman–Crippen MR) is 95.8 cm³/mol. The van der Waals surface area contributed by atoms with Crippen molar-refractivity contribution in [1.82, 2.24) is 0 Å². The van der Waals surface area contributed by atoms with Crippen LogP contribution in [-0.2, 0) is 0 Å². The van der Waals surface area contributed by atoms with Crippen LogP contribution >= 0.6 is 104 Å². The highest BCUT2D eigenvalue weighted by atomic mass is 35.5. The van der Waals surface area contributed by atoms with Gasteiger partial charge in [0.2, 0.25) is 0 Å². The Morgan fingerprint density at radius 2 is 0.667 bits per heavy atom. The van der Waals surface area contributed by atoms with Gasteiger partial charge in [-0.15, -0.1) is 0 Å². The fourth-order valence-electron chi connectivity index (χ4n) is 1.57. The lowest BCUT2D eigenvalue weighted by Crippen LogP contribution is -1.91. The third-order valence-corrected chi connectivity index (χ3v) is 6.30. The average Bonchev–Trinajstić information content (AvgIpc) is 2.44. The van der Waals surface area contributed by atoms with Crippen molar-refractivity contribution in [3.8, 4) is 11.1 Å². The van der Waals surface area contributed by atoms with Gasteiger partial charge in [0.25, 0.3) is 0 Å². The van der Waals surface area contributed by atoms with E-state index >= 15 is 0 Å². The fourth-order valence-corrected chi connectivity index (χ4v) is 3.84. The molecule has 0 aliphatic heterocycles. The zero-order chi connectivity index (χ0) is 16.1. The molecule has 0 N–H and O–H groups in total. The number of hydrogen-bond donors (Lipinski definition) is 0. The van der Waals surface area contributed by atoms with E-state index in [9.17, 15) is 0 Å². The molecule has 111 valence electrons. The summed E-state index contributed by atoms with van der Waals surface area (Å²) in [7, 11) is 0. The standard InChI is InChI=1S/C12Cl9/c13-2-1-3(14)7(16)4(6(2)15)5-8(17)10(19)12(21)11(20)9(5)18. The van der Waals surface area contributed by atoms with Gasteiger partial charge < -0.3 is 0 Å². The zero-order valence-electron chi connectivity index (χ0n) is 9.40. The van der Waals surface area contributed by atoms with Gasteiger partial charge in [-0.05, 0) is 0 Å². The smallest absolute Gasteiger partial charge is 0.0809 e. The molecule has 2 rings (SSSR count). The first-order chi connectivity index (χ1) is 9.68. The molecule has 0 saturated heterocycles. The minimum Gasteiger partial charge on any atom is -0.0819 e. The van der Waals surface area contributed by atoms with E-state index in [1.807, 2.05) is 0 Å². The highest BCUT2D eigenvalue weighted by molar-refractivity contribution is 6.58. The predicted octanol–water partition coefficient (Wildman–Crippen LogP) is 9.03. The summed E-state index contributed by atoms with van der Waals surface area (Å²) in [6, 6.07) is 2.59. The Kier molecular flexibility index (Phi) is 6.03. The third-order valence-electron chi connectivity index (χ3n) is 2.50. The summed E-state index contributed by atoms with van der Waals surface area (Å²) in [6.07, 6.45) is 0. The summed E-state index contributed by atoms with van der Waals surface area (Å²) in [4.78, 5) is 0. The van der Waals surface area contributed by atoms with Gasteiger partial charge in [0, 0.05) is 17.2 Å². The molecule has 0 unspecified atom stereocenters. The molecular formula is C12Cl9. The van der Waals surface area contributed by atoms with Gasteiger partial charge in [0.05, 0.1) is 45.2 Å². The molecule has 21 heavy (non-hydrogen) atoms. The first-order valence-corrected chi connectivity index (χ1v) is 8.35. The topological polar surface area (TPSA) is 0 Å². The lowest BCUT2D eigenvalue weighted by atomic mass is 10.0. The van der Waals surface area contributed by atoms with Crippen molar-refractivity contribution in [2.75, 3.05) is 0 Å². The Morgan fingerprint density at radius 1 is 0.381 bits per heavy atom. The molecule has 0 heterocycles. The Hall–Kier alpha value is 1.05. The summed E-state index contributed by atoms with van der Waals surface area (Å²) in [5, 5.41) is 0.310. The van der Waals surface area contributed by atoms with Crippen molar-refractivity contribution < 1.29 is 0 Å². The van der Waals surface area contributed by atoms with E-state index in [-0.39, 0.29) is 56.3 Å². The molecule has 0 aliphatic carbocycles. The van der Waals surface area contributed by atoms with Gasteiger partial charge in [0.1, 0.15) is 0 Å². The Morgan fingerprint density at radius 3 is 1.05 bits per heavy atom. The summed E-state index contributed by atoms with van der Waals surface area (Å²) >= 11 is 54.6. The third kappa shape index (κ3) is 3.18. The van der Waals surface area contributed by atoms with E-state index in [0.717, 1.165) is 0 Å². The molecular weight excluding hydrogens is 463 g/mol. The minimum absolute atomic E-state index is 0.00921. The van der Waals surface area contributed by atoms with Crippen LogP contribution in [0, 0.1) is 6.07 Å². The largest absolute Gasteiger partial charge is 0.0819 e. The van der Waals surface area contributed by atoms with Crippen LogP contribution in [0.1, 0.15) is 0 Å². The van der Waals surface area contributed by atoms with Crippen LogP contribution in [0.2, 0.25) is 45.2 Å². The Labute approximate surface area is 165 Å². The second-order valence-corrected chi connectivity index (χ2v) is 7.10. The molecule has 0 bridgehead atoms. The number of rotatable bonds is 1. The van der Waals surface area contributed by atoms with Crippen molar-refractivity contribution in [1.29, 1.82) is 0 Å². The summed E-state index contributed by atoms with van der Waals surface area (Å²) in [5.41, 5.74) is 0.382. The maximum absolute atomic E-state index is 6.19. The number of halogens is 9. The molecule has 0 saturated carbocycles. The molecule has 2 aromatic rings. The molecule has 0 atom stereocenters. The van der Waals surface area contributed by atoms with E-state index in [1.54, 1.807) is 0 Å². The molecule has 0 aromatic heterocycles. The van der Waals surface area contributed by atoms with Crippen LogP contribution in [0.4, 0.5) is 0 Å². The van der Waals surface area contributed by atoms with Crippen LogP contribution < -0.4 is 0 Å². The van der Waals surface area contributed by atoms with Gasteiger partial charge in [0.15, 0.2) is 0 Å². The first-order valence-electron chi connectivity index (χ1n) is 4.95. The molecule has 0 aliphatic rings. The zero-order valence-corrected chi connectivity index (χ0v) is 16.2. The van der Waals surface area contributed by atoms with Gasteiger partial charge in [-0.3, -0.25) is 0 Å². The van der Waals surface area contributed by atoms with E-state index in [2.05, 4.69) is 6.07 Å². The van der Waals surface area contributed by atoms with Gasteiger partial charge >= 0.3 is 0 Å².